The third-order valence-corrected chi connectivity index (χ3v) is 3.83. The van der Waals surface area contributed by atoms with Gasteiger partial charge >= 0.3 is 5.97 Å². The first-order valence-electron chi connectivity index (χ1n) is 6.54. The molecule has 0 aromatic heterocycles. The SMILES string of the molecule is O=C(Oc1ccc2cc(S(=O)[O-])ccc2c1)c1ccccc1. The topological polar surface area (TPSA) is 66.4 Å². The second kappa shape index (κ2) is 6.09. The Kier molecular flexibility index (Phi) is 4.00. The van der Waals surface area contributed by atoms with E-state index in [9.17, 15) is 13.6 Å². The lowest BCUT2D eigenvalue weighted by atomic mass is 10.1. The number of rotatable bonds is 3. The van der Waals surface area contributed by atoms with Gasteiger partial charge in [-0.05, 0) is 58.3 Å². The highest BCUT2D eigenvalue weighted by Gasteiger charge is 2.08. The summed E-state index contributed by atoms with van der Waals surface area (Å²) < 4.78 is 27.2. The normalized spacial score (nSPS) is 12.0. The average molecular weight is 311 g/mol. The maximum atomic E-state index is 12.0. The van der Waals surface area contributed by atoms with Crippen molar-refractivity contribution < 1.29 is 18.3 Å². The summed E-state index contributed by atoms with van der Waals surface area (Å²) in [5.74, 6) is -0.0189. The van der Waals surface area contributed by atoms with Crippen LogP contribution >= 0.6 is 0 Å². The third-order valence-electron chi connectivity index (χ3n) is 3.20. The number of carbonyl (C=O) groups excluding carboxylic acids is 1. The van der Waals surface area contributed by atoms with E-state index < -0.39 is 17.0 Å². The molecule has 0 aliphatic rings. The van der Waals surface area contributed by atoms with Gasteiger partial charge in [-0.15, -0.1) is 0 Å². The van der Waals surface area contributed by atoms with Gasteiger partial charge in [0.15, 0.2) is 0 Å². The van der Waals surface area contributed by atoms with Crippen LogP contribution in [0.4, 0.5) is 0 Å². The largest absolute Gasteiger partial charge is 0.768 e. The summed E-state index contributed by atoms with van der Waals surface area (Å²) in [4.78, 5) is 12.2. The molecule has 0 heterocycles. The van der Waals surface area contributed by atoms with Crippen LogP contribution in [0.25, 0.3) is 10.8 Å². The van der Waals surface area contributed by atoms with Gasteiger partial charge in [0.05, 0.1) is 5.56 Å². The lowest BCUT2D eigenvalue weighted by Gasteiger charge is -2.08. The van der Waals surface area contributed by atoms with Gasteiger partial charge in [0.2, 0.25) is 0 Å². The zero-order valence-electron chi connectivity index (χ0n) is 11.4. The number of carbonyl (C=O) groups is 1. The number of hydrogen-bond donors (Lipinski definition) is 0. The van der Waals surface area contributed by atoms with E-state index in [1.165, 1.54) is 6.07 Å². The van der Waals surface area contributed by atoms with Gasteiger partial charge in [-0.2, -0.15) is 0 Å². The van der Waals surface area contributed by atoms with Crippen LogP contribution < -0.4 is 4.74 Å². The van der Waals surface area contributed by atoms with E-state index in [2.05, 4.69) is 0 Å². The fourth-order valence-corrected chi connectivity index (χ4v) is 2.51. The molecule has 3 rings (SSSR count). The van der Waals surface area contributed by atoms with Gasteiger partial charge in [-0.25, -0.2) is 4.79 Å². The predicted molar refractivity (Wildman–Crippen MR) is 82.5 cm³/mol. The Morgan fingerprint density at radius 2 is 1.59 bits per heavy atom. The molecular formula is C17H11O4S-. The van der Waals surface area contributed by atoms with E-state index in [-0.39, 0.29) is 4.90 Å². The summed E-state index contributed by atoms with van der Waals surface area (Å²) in [6.45, 7) is 0. The van der Waals surface area contributed by atoms with Crippen molar-refractivity contribution in [1.82, 2.24) is 0 Å². The van der Waals surface area contributed by atoms with E-state index in [1.807, 2.05) is 6.07 Å². The molecule has 0 saturated carbocycles. The molecule has 0 N–H and O–H groups in total. The molecule has 110 valence electrons. The molecule has 0 fully saturated rings. The minimum absolute atomic E-state index is 0.224. The Morgan fingerprint density at radius 3 is 2.32 bits per heavy atom. The summed E-state index contributed by atoms with van der Waals surface area (Å²) in [7, 11) is 0. The van der Waals surface area contributed by atoms with Gasteiger partial charge in [0, 0.05) is 4.90 Å². The number of esters is 1. The lowest BCUT2D eigenvalue weighted by Crippen LogP contribution is -2.07. The maximum absolute atomic E-state index is 12.0. The molecular weight excluding hydrogens is 300 g/mol. The standard InChI is InChI=1S/C17H12O4S/c18-17(12-4-2-1-3-5-12)21-15-8-6-14-11-16(22(19)20)9-7-13(14)10-15/h1-11H,(H,19,20)/p-1. The summed E-state index contributed by atoms with van der Waals surface area (Å²) >= 11 is -2.26. The van der Waals surface area contributed by atoms with Crippen molar-refractivity contribution >= 4 is 27.8 Å². The number of benzene rings is 3. The minimum atomic E-state index is -2.26. The first-order valence-corrected chi connectivity index (χ1v) is 7.61. The Hall–Kier alpha value is -2.50. The van der Waals surface area contributed by atoms with Crippen molar-refractivity contribution in [2.45, 2.75) is 4.90 Å². The summed E-state index contributed by atoms with van der Waals surface area (Å²) in [5.41, 5.74) is 0.472. The van der Waals surface area contributed by atoms with E-state index in [4.69, 9.17) is 4.74 Å². The zero-order valence-corrected chi connectivity index (χ0v) is 12.2. The molecule has 5 heteroatoms. The predicted octanol–water partition coefficient (Wildman–Crippen LogP) is 3.30. The van der Waals surface area contributed by atoms with Crippen molar-refractivity contribution in [3.8, 4) is 5.75 Å². The van der Waals surface area contributed by atoms with Crippen LogP contribution in [0.3, 0.4) is 0 Å². The van der Waals surface area contributed by atoms with E-state index in [0.29, 0.717) is 11.3 Å². The van der Waals surface area contributed by atoms with Crippen LogP contribution in [-0.2, 0) is 11.1 Å². The molecule has 0 aliphatic carbocycles. The second-order valence-corrected chi connectivity index (χ2v) is 5.60. The van der Waals surface area contributed by atoms with Crippen LogP contribution in [0.15, 0.2) is 71.6 Å². The summed E-state index contributed by atoms with van der Waals surface area (Å²) in [6.07, 6.45) is 0. The third kappa shape index (κ3) is 3.05. The van der Waals surface area contributed by atoms with Gasteiger partial charge in [0.25, 0.3) is 0 Å². The van der Waals surface area contributed by atoms with E-state index in [1.54, 1.807) is 54.6 Å². The molecule has 4 nitrogen and oxygen atoms in total. The highest BCUT2D eigenvalue weighted by Crippen LogP contribution is 2.23. The van der Waals surface area contributed by atoms with Crippen LogP contribution in [0.5, 0.6) is 5.75 Å². The molecule has 3 aromatic carbocycles. The molecule has 0 amide bonds. The lowest BCUT2D eigenvalue weighted by molar-refractivity contribution is 0.0735. The van der Waals surface area contributed by atoms with Crippen molar-refractivity contribution in [3.63, 3.8) is 0 Å². The van der Waals surface area contributed by atoms with E-state index in [0.717, 1.165) is 10.8 Å². The summed E-state index contributed by atoms with van der Waals surface area (Å²) in [6, 6.07) is 18.5. The number of hydrogen-bond acceptors (Lipinski definition) is 4. The van der Waals surface area contributed by atoms with Crippen LogP contribution in [0.1, 0.15) is 10.4 Å². The maximum Gasteiger partial charge on any atom is 0.343 e. The Morgan fingerprint density at radius 1 is 0.909 bits per heavy atom. The monoisotopic (exact) mass is 311 g/mol. The fraction of sp³-hybridized carbons (Fsp3) is 0. The average Bonchev–Trinajstić information content (AvgIpc) is 2.55. The van der Waals surface area contributed by atoms with Crippen LogP contribution in [0.2, 0.25) is 0 Å². The Bertz CT molecular complexity index is 859. The Balaban J connectivity index is 1.88. The molecule has 1 atom stereocenters. The van der Waals surface area contributed by atoms with Gasteiger partial charge in [-0.1, -0.05) is 30.3 Å². The minimum Gasteiger partial charge on any atom is -0.768 e. The Labute approximate surface area is 129 Å². The van der Waals surface area contributed by atoms with Crippen molar-refractivity contribution in [3.05, 3.63) is 72.3 Å². The highest BCUT2D eigenvalue weighted by molar-refractivity contribution is 7.79. The molecule has 0 radical (unpaired) electrons. The van der Waals surface area contributed by atoms with Gasteiger partial charge < -0.3 is 9.29 Å². The van der Waals surface area contributed by atoms with Crippen LogP contribution in [0, 0.1) is 0 Å². The molecule has 3 aromatic rings. The molecule has 1 unspecified atom stereocenters. The molecule has 0 saturated heterocycles. The molecule has 0 spiro atoms. The van der Waals surface area contributed by atoms with Crippen LogP contribution in [-0.4, -0.2) is 14.7 Å². The molecule has 0 bridgehead atoms. The van der Waals surface area contributed by atoms with Crippen molar-refractivity contribution in [2.75, 3.05) is 0 Å². The highest BCUT2D eigenvalue weighted by atomic mass is 32.2. The van der Waals surface area contributed by atoms with Crippen molar-refractivity contribution in [2.24, 2.45) is 0 Å². The second-order valence-electron chi connectivity index (χ2n) is 4.66. The smallest absolute Gasteiger partial charge is 0.343 e. The molecule has 22 heavy (non-hydrogen) atoms. The number of ether oxygens (including phenoxy) is 1. The summed E-state index contributed by atoms with van der Waals surface area (Å²) in [5, 5.41) is 1.56. The van der Waals surface area contributed by atoms with Crippen molar-refractivity contribution in [1.29, 1.82) is 0 Å². The fourth-order valence-electron chi connectivity index (χ4n) is 2.11. The van der Waals surface area contributed by atoms with Gasteiger partial charge in [0.1, 0.15) is 5.75 Å². The quantitative estimate of drug-likeness (QED) is 0.423. The first kappa shape index (κ1) is 14.4. The number of fused-ring (bicyclic) bond motifs is 1. The molecule has 0 aliphatic heterocycles. The van der Waals surface area contributed by atoms with Gasteiger partial charge in [-0.3, -0.25) is 4.21 Å². The first-order chi connectivity index (χ1) is 10.6. The van der Waals surface area contributed by atoms with E-state index >= 15 is 0 Å². The zero-order chi connectivity index (χ0) is 15.5.